The number of halogens is 1. The van der Waals surface area contributed by atoms with Gasteiger partial charge >= 0.3 is 0 Å². The molecule has 5 nitrogen and oxygen atoms in total. The van der Waals surface area contributed by atoms with Crippen LogP contribution in [0.3, 0.4) is 0 Å². The van der Waals surface area contributed by atoms with Crippen LogP contribution in [0.4, 0.5) is 11.5 Å². The van der Waals surface area contributed by atoms with Crippen molar-refractivity contribution in [3.05, 3.63) is 45.1 Å². The SMILES string of the molecule is Cc1nc2sc(C(=O)Nc3ccc(Cl)cn3)c(N)c2c(C)c1C. The van der Waals surface area contributed by atoms with E-state index in [4.69, 9.17) is 17.3 Å². The Morgan fingerprint density at radius 1 is 1.26 bits per heavy atom. The molecule has 0 aliphatic heterocycles. The number of rotatable bonds is 2. The van der Waals surface area contributed by atoms with Crippen molar-refractivity contribution in [3.63, 3.8) is 0 Å². The molecule has 0 spiro atoms. The monoisotopic (exact) mass is 346 g/mol. The van der Waals surface area contributed by atoms with E-state index in [2.05, 4.69) is 15.3 Å². The van der Waals surface area contributed by atoms with Gasteiger partial charge in [-0.05, 0) is 44.0 Å². The van der Waals surface area contributed by atoms with Crippen LogP contribution in [-0.2, 0) is 0 Å². The Morgan fingerprint density at radius 3 is 2.65 bits per heavy atom. The third-order valence-corrected chi connectivity index (χ3v) is 5.17. The summed E-state index contributed by atoms with van der Waals surface area (Å²) in [6, 6.07) is 3.30. The van der Waals surface area contributed by atoms with Crippen LogP contribution in [0.2, 0.25) is 5.02 Å². The number of nitrogens with one attached hydrogen (secondary N) is 1. The minimum absolute atomic E-state index is 0.296. The molecule has 3 rings (SSSR count). The molecule has 1 amide bonds. The molecule has 3 aromatic heterocycles. The number of hydrogen-bond acceptors (Lipinski definition) is 5. The summed E-state index contributed by atoms with van der Waals surface area (Å²) in [5.41, 5.74) is 9.77. The summed E-state index contributed by atoms with van der Waals surface area (Å²) in [6.07, 6.45) is 1.48. The lowest BCUT2D eigenvalue weighted by Gasteiger charge is -2.06. The number of thiophene rings is 1. The number of hydrogen-bond donors (Lipinski definition) is 2. The molecular formula is C16H15ClN4OS. The summed E-state index contributed by atoms with van der Waals surface area (Å²) in [4.78, 5) is 22.3. The number of pyridine rings is 2. The van der Waals surface area contributed by atoms with Crippen molar-refractivity contribution >= 4 is 50.6 Å². The van der Waals surface area contributed by atoms with E-state index in [1.165, 1.54) is 17.5 Å². The fourth-order valence-electron chi connectivity index (χ4n) is 2.36. The maximum Gasteiger partial charge on any atom is 0.269 e. The van der Waals surface area contributed by atoms with Crippen molar-refractivity contribution in [1.29, 1.82) is 0 Å². The van der Waals surface area contributed by atoms with Crippen LogP contribution in [-0.4, -0.2) is 15.9 Å². The number of fused-ring (bicyclic) bond motifs is 1. The molecule has 0 unspecified atom stereocenters. The first kappa shape index (κ1) is 15.7. The van der Waals surface area contributed by atoms with Crippen LogP contribution in [0.25, 0.3) is 10.2 Å². The molecule has 23 heavy (non-hydrogen) atoms. The Labute approximate surface area is 142 Å². The number of aryl methyl sites for hydroxylation is 2. The van der Waals surface area contributed by atoms with Crippen LogP contribution in [0.1, 0.15) is 26.5 Å². The number of carbonyl (C=O) groups excluding carboxylic acids is 1. The summed E-state index contributed by atoms with van der Waals surface area (Å²) in [7, 11) is 0. The van der Waals surface area contributed by atoms with E-state index < -0.39 is 0 Å². The second-order valence-corrected chi connectivity index (χ2v) is 6.72. The van der Waals surface area contributed by atoms with E-state index in [-0.39, 0.29) is 5.91 Å². The molecule has 0 saturated heterocycles. The van der Waals surface area contributed by atoms with Gasteiger partial charge in [-0.25, -0.2) is 9.97 Å². The number of anilines is 2. The number of nitrogens with zero attached hydrogens (tertiary/aromatic N) is 2. The number of amides is 1. The number of nitrogen functional groups attached to an aromatic ring is 1. The summed E-state index contributed by atoms with van der Waals surface area (Å²) in [6.45, 7) is 5.96. The fourth-order valence-corrected chi connectivity index (χ4v) is 3.57. The van der Waals surface area contributed by atoms with Gasteiger partial charge in [0.25, 0.3) is 5.91 Å². The molecule has 0 aromatic carbocycles. The van der Waals surface area contributed by atoms with Crippen molar-refractivity contribution < 1.29 is 4.79 Å². The van der Waals surface area contributed by atoms with E-state index >= 15 is 0 Å². The summed E-state index contributed by atoms with van der Waals surface area (Å²) in [5, 5.41) is 4.09. The van der Waals surface area contributed by atoms with E-state index in [9.17, 15) is 4.79 Å². The lowest BCUT2D eigenvalue weighted by Crippen LogP contribution is -2.12. The Bertz CT molecular complexity index is 918. The van der Waals surface area contributed by atoms with Crippen molar-refractivity contribution in [2.75, 3.05) is 11.1 Å². The maximum atomic E-state index is 12.5. The van der Waals surface area contributed by atoms with Crippen molar-refractivity contribution in [3.8, 4) is 0 Å². The average molecular weight is 347 g/mol. The largest absolute Gasteiger partial charge is 0.397 e. The Morgan fingerprint density at radius 2 is 2.00 bits per heavy atom. The highest BCUT2D eigenvalue weighted by molar-refractivity contribution is 7.21. The zero-order valence-electron chi connectivity index (χ0n) is 12.9. The standard InChI is InChI=1S/C16H15ClN4OS/c1-7-8(2)12-13(18)14(23-16(12)20-9(7)3)15(22)21-11-5-4-10(17)6-19-11/h4-6H,18H2,1-3H3,(H,19,21,22). The van der Waals surface area contributed by atoms with Gasteiger partial charge in [-0.2, -0.15) is 0 Å². The lowest BCUT2D eigenvalue weighted by molar-refractivity contribution is 0.103. The predicted octanol–water partition coefficient (Wildman–Crippen LogP) is 4.10. The number of aromatic nitrogens is 2. The number of carbonyl (C=O) groups is 1. The van der Waals surface area contributed by atoms with Crippen molar-refractivity contribution in [1.82, 2.24) is 9.97 Å². The van der Waals surface area contributed by atoms with E-state index in [1.807, 2.05) is 20.8 Å². The molecule has 0 aliphatic rings. The van der Waals surface area contributed by atoms with E-state index in [1.54, 1.807) is 12.1 Å². The molecule has 7 heteroatoms. The van der Waals surface area contributed by atoms with Gasteiger partial charge in [-0.3, -0.25) is 4.79 Å². The second kappa shape index (κ2) is 5.79. The van der Waals surface area contributed by atoms with Crippen LogP contribution in [0.5, 0.6) is 0 Å². The topological polar surface area (TPSA) is 80.9 Å². The van der Waals surface area contributed by atoms with Gasteiger partial charge in [0.15, 0.2) is 0 Å². The Balaban J connectivity index is 2.02. The maximum absolute atomic E-state index is 12.5. The zero-order chi connectivity index (χ0) is 16.7. The zero-order valence-corrected chi connectivity index (χ0v) is 14.5. The summed E-state index contributed by atoms with van der Waals surface area (Å²) >= 11 is 7.08. The van der Waals surface area contributed by atoms with Crippen LogP contribution in [0.15, 0.2) is 18.3 Å². The highest BCUT2D eigenvalue weighted by atomic mass is 35.5. The minimum atomic E-state index is -0.296. The third-order valence-electron chi connectivity index (χ3n) is 3.85. The van der Waals surface area contributed by atoms with Gasteiger partial charge < -0.3 is 11.1 Å². The number of nitrogens with two attached hydrogens (primary N) is 1. The lowest BCUT2D eigenvalue weighted by atomic mass is 10.1. The van der Waals surface area contributed by atoms with Crippen molar-refractivity contribution in [2.45, 2.75) is 20.8 Å². The van der Waals surface area contributed by atoms with Crippen LogP contribution >= 0.6 is 22.9 Å². The normalized spacial score (nSPS) is 11.0. The first-order chi connectivity index (χ1) is 10.9. The molecule has 0 atom stereocenters. The predicted molar refractivity (Wildman–Crippen MR) is 95.4 cm³/mol. The molecule has 0 bridgehead atoms. The molecule has 0 radical (unpaired) electrons. The Hall–Kier alpha value is -2.18. The molecule has 3 N–H and O–H groups in total. The molecule has 3 aromatic rings. The van der Waals surface area contributed by atoms with Crippen LogP contribution in [0, 0.1) is 20.8 Å². The van der Waals surface area contributed by atoms with Gasteiger partial charge in [-0.15, -0.1) is 11.3 Å². The average Bonchev–Trinajstić information content (AvgIpc) is 2.84. The minimum Gasteiger partial charge on any atom is -0.397 e. The summed E-state index contributed by atoms with van der Waals surface area (Å²) in [5.74, 6) is 0.128. The van der Waals surface area contributed by atoms with E-state index in [0.717, 1.165) is 27.0 Å². The quantitative estimate of drug-likeness (QED) is 0.731. The highest BCUT2D eigenvalue weighted by Gasteiger charge is 2.20. The van der Waals surface area contributed by atoms with Gasteiger partial charge in [0, 0.05) is 17.3 Å². The first-order valence-corrected chi connectivity index (χ1v) is 8.16. The molecular weight excluding hydrogens is 332 g/mol. The summed E-state index contributed by atoms with van der Waals surface area (Å²) < 4.78 is 0. The van der Waals surface area contributed by atoms with E-state index in [0.29, 0.717) is 21.4 Å². The van der Waals surface area contributed by atoms with Gasteiger partial charge in [0.1, 0.15) is 15.5 Å². The van der Waals surface area contributed by atoms with Gasteiger partial charge in [-0.1, -0.05) is 11.6 Å². The van der Waals surface area contributed by atoms with Gasteiger partial charge in [0.2, 0.25) is 0 Å². The van der Waals surface area contributed by atoms with Crippen molar-refractivity contribution in [2.24, 2.45) is 0 Å². The molecule has 118 valence electrons. The smallest absolute Gasteiger partial charge is 0.269 e. The Kier molecular flexibility index (Phi) is 3.95. The molecule has 0 aliphatic carbocycles. The fraction of sp³-hybridized carbons (Fsp3) is 0.188. The van der Waals surface area contributed by atoms with Crippen LogP contribution < -0.4 is 11.1 Å². The van der Waals surface area contributed by atoms with Gasteiger partial charge in [0.05, 0.1) is 10.7 Å². The molecule has 0 fully saturated rings. The second-order valence-electron chi connectivity index (χ2n) is 5.29. The highest BCUT2D eigenvalue weighted by Crippen LogP contribution is 2.36. The third kappa shape index (κ3) is 2.75. The molecule has 0 saturated carbocycles. The first-order valence-electron chi connectivity index (χ1n) is 6.97. The molecule has 3 heterocycles.